The molecule has 0 amide bonds. The summed E-state index contributed by atoms with van der Waals surface area (Å²) in [6, 6.07) is 0. The summed E-state index contributed by atoms with van der Waals surface area (Å²) in [6.45, 7) is 16.2. The van der Waals surface area contributed by atoms with Crippen molar-refractivity contribution >= 4 is 11.8 Å². The van der Waals surface area contributed by atoms with Crippen molar-refractivity contribution in [1.29, 1.82) is 0 Å². The summed E-state index contributed by atoms with van der Waals surface area (Å²) in [5.74, 6) is 0.805. The van der Waals surface area contributed by atoms with Gasteiger partial charge in [-0.2, -0.15) is 0 Å². The van der Waals surface area contributed by atoms with Crippen LogP contribution < -0.4 is 0 Å². The first-order valence-electron chi connectivity index (χ1n) is 14.1. The highest BCUT2D eigenvalue weighted by atomic mass is 16.5. The van der Waals surface area contributed by atoms with Gasteiger partial charge in [-0.05, 0) is 110 Å². The van der Waals surface area contributed by atoms with Crippen molar-refractivity contribution in [3.8, 4) is 0 Å². The second kappa shape index (κ2) is 7.45. The molecule has 1 N–H and O–H groups in total. The molecule has 0 spiro atoms. The van der Waals surface area contributed by atoms with Crippen molar-refractivity contribution in [2.45, 2.75) is 112 Å². The molecule has 0 aromatic rings. The largest absolute Gasteiger partial charge is 0.469 e. The van der Waals surface area contributed by atoms with Crippen LogP contribution in [0.15, 0.2) is 11.6 Å². The average molecular weight is 485 g/mol. The van der Waals surface area contributed by atoms with Gasteiger partial charge in [0.25, 0.3) is 0 Å². The first kappa shape index (κ1) is 25.5. The summed E-state index contributed by atoms with van der Waals surface area (Å²) in [5, 5.41) is 10.9. The third kappa shape index (κ3) is 3.07. The molecule has 0 aromatic heterocycles. The molecule has 4 nitrogen and oxygen atoms in total. The van der Waals surface area contributed by atoms with Gasteiger partial charge in [0, 0.05) is 5.92 Å². The van der Waals surface area contributed by atoms with Crippen LogP contribution in [0.2, 0.25) is 0 Å². The van der Waals surface area contributed by atoms with Gasteiger partial charge in [0.2, 0.25) is 0 Å². The lowest BCUT2D eigenvalue weighted by molar-refractivity contribution is -0.202. The number of carbonyl (C=O) groups is 2. The molecule has 35 heavy (non-hydrogen) atoms. The maximum Gasteiger partial charge on any atom is 0.311 e. The fraction of sp³-hybridized carbons (Fsp3) is 0.871. The molecule has 5 aliphatic carbocycles. The monoisotopic (exact) mass is 484 g/mol. The van der Waals surface area contributed by atoms with E-state index in [0.717, 1.165) is 57.8 Å². The molecule has 0 aliphatic heterocycles. The molecule has 5 aliphatic rings. The van der Waals surface area contributed by atoms with Crippen LogP contribution in [0.1, 0.15) is 106 Å². The second-order valence-corrected chi connectivity index (χ2v) is 15.1. The molecule has 0 bridgehead atoms. The first-order chi connectivity index (χ1) is 16.1. The Kier molecular flexibility index (Phi) is 5.43. The van der Waals surface area contributed by atoms with Gasteiger partial charge in [-0.3, -0.25) is 9.59 Å². The summed E-state index contributed by atoms with van der Waals surface area (Å²) in [7, 11) is 1.50. The molecule has 4 heteroatoms. The summed E-state index contributed by atoms with van der Waals surface area (Å²) < 4.78 is 5.25. The van der Waals surface area contributed by atoms with Crippen molar-refractivity contribution in [3.05, 3.63) is 11.6 Å². The lowest BCUT2D eigenvalue weighted by Crippen LogP contribution is -2.66. The number of fused-ring (bicyclic) bond motifs is 7. The number of esters is 1. The minimum absolute atomic E-state index is 0.00536. The molecule has 4 fully saturated rings. The van der Waals surface area contributed by atoms with E-state index in [2.05, 4.69) is 54.5 Å². The van der Waals surface area contributed by atoms with E-state index >= 15 is 0 Å². The maximum atomic E-state index is 14.3. The highest BCUT2D eigenvalue weighted by molar-refractivity contribution is 5.95. The van der Waals surface area contributed by atoms with Crippen molar-refractivity contribution in [1.82, 2.24) is 0 Å². The SMILES string of the molecule is COC(=O)[C@]1(C)CC[C@]2(C)CC[C@]3(C)C(=CC(=O)[C@@H]4[C@@]5(C)CC[C@H](O)C(C)(C)[C@H]5CC[C@]43C)[C@@H]2C1. The Labute approximate surface area is 212 Å². The summed E-state index contributed by atoms with van der Waals surface area (Å²) >= 11 is 0. The van der Waals surface area contributed by atoms with Crippen LogP contribution in [0.5, 0.6) is 0 Å². The third-order valence-corrected chi connectivity index (χ3v) is 13.2. The Morgan fingerprint density at radius 2 is 1.60 bits per heavy atom. The molecule has 0 heterocycles. The second-order valence-electron chi connectivity index (χ2n) is 15.1. The van der Waals surface area contributed by atoms with E-state index in [1.54, 1.807) is 0 Å². The zero-order valence-corrected chi connectivity index (χ0v) is 23.4. The topological polar surface area (TPSA) is 63.6 Å². The average Bonchev–Trinajstić information content (AvgIpc) is 2.78. The fourth-order valence-electron chi connectivity index (χ4n) is 10.6. The van der Waals surface area contributed by atoms with E-state index in [1.807, 2.05) is 0 Å². The number of aliphatic hydroxyl groups excluding tert-OH is 1. The van der Waals surface area contributed by atoms with Gasteiger partial charge in [0.15, 0.2) is 5.78 Å². The van der Waals surface area contributed by atoms with E-state index in [1.165, 1.54) is 12.7 Å². The Hall–Kier alpha value is -1.16. The maximum absolute atomic E-state index is 14.3. The number of carbonyl (C=O) groups excluding carboxylic acids is 2. The summed E-state index contributed by atoms with van der Waals surface area (Å²) in [4.78, 5) is 27.1. The minimum atomic E-state index is -0.480. The van der Waals surface area contributed by atoms with Crippen molar-refractivity contribution in [3.63, 3.8) is 0 Å². The highest BCUT2D eigenvalue weighted by Gasteiger charge is 2.70. The molecule has 5 rings (SSSR count). The third-order valence-electron chi connectivity index (χ3n) is 13.2. The fourth-order valence-corrected chi connectivity index (χ4v) is 10.6. The van der Waals surface area contributed by atoms with Crippen LogP contribution >= 0.6 is 0 Å². The molecular formula is C31H48O4. The van der Waals surface area contributed by atoms with E-state index in [4.69, 9.17) is 4.74 Å². The van der Waals surface area contributed by atoms with Crippen LogP contribution in [0.4, 0.5) is 0 Å². The smallest absolute Gasteiger partial charge is 0.311 e. The number of hydrogen-bond acceptors (Lipinski definition) is 4. The number of ketones is 1. The molecule has 0 radical (unpaired) electrons. The van der Waals surface area contributed by atoms with Crippen molar-refractivity contribution in [2.24, 2.45) is 50.2 Å². The molecule has 0 saturated heterocycles. The zero-order chi connectivity index (χ0) is 25.8. The quantitative estimate of drug-likeness (QED) is 0.431. The van der Waals surface area contributed by atoms with Crippen LogP contribution in [-0.4, -0.2) is 30.1 Å². The lowest BCUT2D eigenvalue weighted by Gasteiger charge is -2.70. The van der Waals surface area contributed by atoms with Gasteiger partial charge >= 0.3 is 5.97 Å². The summed E-state index contributed by atoms with van der Waals surface area (Å²) in [6.07, 6.45) is 10.5. The predicted molar refractivity (Wildman–Crippen MR) is 137 cm³/mol. The normalized spacial score (nSPS) is 52.8. The standard InChI is InChI=1S/C31H48O4/c1-26(2)22-9-12-31(7)24(29(22,5)11-10-23(26)33)21(32)17-19-20-18-28(4,25(34)35-8)14-13-27(20,3)15-16-30(19,31)6/h17,20,22-24,33H,9-16,18H2,1-8H3/t20-,22+,23-,24+,27+,28+,29-,30+,31+/m0/s1. The number of allylic oxidation sites excluding steroid dienone is 2. The Balaban J connectivity index is 1.61. The van der Waals surface area contributed by atoms with Gasteiger partial charge in [-0.1, -0.05) is 47.1 Å². The van der Waals surface area contributed by atoms with Gasteiger partial charge in [0.05, 0.1) is 18.6 Å². The zero-order valence-electron chi connectivity index (χ0n) is 23.4. The van der Waals surface area contributed by atoms with E-state index in [-0.39, 0.29) is 51.0 Å². The molecular weight excluding hydrogens is 436 g/mol. The Morgan fingerprint density at radius 3 is 2.26 bits per heavy atom. The first-order valence-corrected chi connectivity index (χ1v) is 14.1. The molecule has 4 saturated carbocycles. The van der Waals surface area contributed by atoms with E-state index in [9.17, 15) is 14.7 Å². The van der Waals surface area contributed by atoms with Gasteiger partial charge in [-0.15, -0.1) is 0 Å². The highest BCUT2D eigenvalue weighted by Crippen LogP contribution is 2.75. The van der Waals surface area contributed by atoms with Crippen LogP contribution in [-0.2, 0) is 14.3 Å². The molecule has 196 valence electrons. The molecule has 9 atom stereocenters. The van der Waals surface area contributed by atoms with Gasteiger partial charge in [-0.25, -0.2) is 0 Å². The number of methoxy groups -OCH3 is 1. The summed E-state index contributed by atoms with van der Waals surface area (Å²) in [5.41, 5.74) is 0.590. The van der Waals surface area contributed by atoms with Gasteiger partial charge < -0.3 is 9.84 Å². The lowest BCUT2D eigenvalue weighted by atomic mass is 9.33. The minimum Gasteiger partial charge on any atom is -0.469 e. The Bertz CT molecular complexity index is 980. The molecule has 0 unspecified atom stereocenters. The van der Waals surface area contributed by atoms with Crippen molar-refractivity contribution in [2.75, 3.05) is 7.11 Å². The van der Waals surface area contributed by atoms with E-state index < -0.39 is 5.41 Å². The number of aliphatic hydroxyl groups is 1. The van der Waals surface area contributed by atoms with Crippen molar-refractivity contribution < 1.29 is 19.4 Å². The van der Waals surface area contributed by atoms with Crippen LogP contribution in [0, 0.1) is 50.2 Å². The van der Waals surface area contributed by atoms with Gasteiger partial charge in [0.1, 0.15) is 0 Å². The predicted octanol–water partition coefficient (Wildman–Crippen LogP) is 6.50. The number of ether oxygens (including phenoxy) is 1. The Morgan fingerprint density at radius 1 is 0.943 bits per heavy atom. The number of rotatable bonds is 1. The van der Waals surface area contributed by atoms with Crippen LogP contribution in [0.3, 0.4) is 0 Å². The van der Waals surface area contributed by atoms with Crippen LogP contribution in [0.25, 0.3) is 0 Å². The number of hydrogen-bond donors (Lipinski definition) is 1. The van der Waals surface area contributed by atoms with E-state index in [0.29, 0.717) is 11.7 Å². The molecule has 0 aromatic carbocycles.